The van der Waals surface area contributed by atoms with Crippen LogP contribution in [0.15, 0.2) is 24.5 Å². The van der Waals surface area contributed by atoms with Gasteiger partial charge in [0, 0.05) is 6.20 Å². The van der Waals surface area contributed by atoms with Crippen molar-refractivity contribution in [3.05, 3.63) is 24.5 Å². The zero-order valence-electron chi connectivity index (χ0n) is 5.87. The maximum absolute atomic E-state index is 5.18. The third kappa shape index (κ3) is 2.03. The van der Waals surface area contributed by atoms with E-state index in [1.807, 2.05) is 19.2 Å². The zero-order chi connectivity index (χ0) is 7.23. The van der Waals surface area contributed by atoms with Gasteiger partial charge in [0.05, 0.1) is 6.20 Å². The highest BCUT2D eigenvalue weighted by atomic mass is 16.5. The first-order valence-corrected chi connectivity index (χ1v) is 3.11. The molecule has 0 amide bonds. The summed E-state index contributed by atoms with van der Waals surface area (Å²) in [6.45, 7) is 0.520. The van der Waals surface area contributed by atoms with Gasteiger partial charge in [0.15, 0.2) is 0 Å². The molecule has 0 atom stereocenters. The molecule has 0 saturated heterocycles. The topological polar surface area (TPSA) is 34.1 Å². The van der Waals surface area contributed by atoms with Gasteiger partial charge >= 0.3 is 0 Å². The van der Waals surface area contributed by atoms with Crippen LogP contribution in [0.1, 0.15) is 0 Å². The lowest BCUT2D eigenvalue weighted by Gasteiger charge is -2.02. The second-order valence-corrected chi connectivity index (χ2v) is 1.83. The highest BCUT2D eigenvalue weighted by Crippen LogP contribution is 2.04. The first-order valence-electron chi connectivity index (χ1n) is 3.11. The van der Waals surface area contributed by atoms with Crippen molar-refractivity contribution in [1.29, 1.82) is 0 Å². The molecular weight excluding hydrogens is 128 g/mol. The molecule has 54 valence electrons. The van der Waals surface area contributed by atoms with E-state index in [0.29, 0.717) is 6.73 Å². The van der Waals surface area contributed by atoms with Crippen LogP contribution in [0.2, 0.25) is 0 Å². The molecule has 0 aliphatic heterocycles. The second-order valence-electron chi connectivity index (χ2n) is 1.83. The van der Waals surface area contributed by atoms with Crippen molar-refractivity contribution in [2.45, 2.75) is 0 Å². The summed E-state index contributed by atoms with van der Waals surface area (Å²) >= 11 is 0. The van der Waals surface area contributed by atoms with Crippen LogP contribution in [-0.4, -0.2) is 18.8 Å². The zero-order valence-corrected chi connectivity index (χ0v) is 5.87. The Kier molecular flexibility index (Phi) is 2.70. The van der Waals surface area contributed by atoms with E-state index in [9.17, 15) is 0 Å². The number of pyridine rings is 1. The lowest BCUT2D eigenvalue weighted by Crippen LogP contribution is -2.13. The van der Waals surface area contributed by atoms with Crippen LogP contribution >= 0.6 is 0 Å². The number of hydrogen-bond donors (Lipinski definition) is 1. The number of rotatable bonds is 3. The van der Waals surface area contributed by atoms with E-state index in [-0.39, 0.29) is 0 Å². The van der Waals surface area contributed by atoms with Gasteiger partial charge in [0.1, 0.15) is 12.5 Å². The lowest BCUT2D eigenvalue weighted by atomic mass is 10.5. The van der Waals surface area contributed by atoms with Crippen LogP contribution in [-0.2, 0) is 0 Å². The standard InChI is InChI=1S/C7H10N2O/c1-8-6-10-7-3-2-4-9-5-7/h2-5,8H,6H2,1H3. The fraction of sp³-hybridized carbons (Fsp3) is 0.286. The molecular formula is C7H10N2O. The van der Waals surface area contributed by atoms with Gasteiger partial charge in [-0.25, -0.2) is 0 Å². The van der Waals surface area contributed by atoms with Crippen LogP contribution in [0.4, 0.5) is 0 Å². The average Bonchev–Trinajstić information content (AvgIpc) is 2.03. The third-order valence-corrected chi connectivity index (χ3v) is 1.02. The van der Waals surface area contributed by atoms with Crippen molar-refractivity contribution in [3.8, 4) is 5.75 Å². The molecule has 0 aromatic carbocycles. The van der Waals surface area contributed by atoms with Gasteiger partial charge in [-0.05, 0) is 19.2 Å². The van der Waals surface area contributed by atoms with Gasteiger partial charge in [-0.15, -0.1) is 0 Å². The van der Waals surface area contributed by atoms with Crippen molar-refractivity contribution in [1.82, 2.24) is 10.3 Å². The molecule has 0 saturated carbocycles. The van der Waals surface area contributed by atoms with E-state index in [1.165, 1.54) is 0 Å². The Morgan fingerprint density at radius 1 is 1.70 bits per heavy atom. The van der Waals surface area contributed by atoms with E-state index in [2.05, 4.69) is 10.3 Å². The summed E-state index contributed by atoms with van der Waals surface area (Å²) in [6.07, 6.45) is 3.39. The highest BCUT2D eigenvalue weighted by Gasteiger charge is 1.86. The normalized spacial score (nSPS) is 9.30. The molecule has 1 heterocycles. The Bertz CT molecular complexity index is 176. The molecule has 0 fully saturated rings. The predicted octanol–water partition coefficient (Wildman–Crippen LogP) is 0.637. The second kappa shape index (κ2) is 3.85. The fourth-order valence-corrected chi connectivity index (χ4v) is 0.588. The summed E-state index contributed by atoms with van der Waals surface area (Å²) < 4.78 is 5.18. The number of nitrogens with one attached hydrogen (secondary N) is 1. The van der Waals surface area contributed by atoms with Crippen LogP contribution in [0.25, 0.3) is 0 Å². The fourth-order valence-electron chi connectivity index (χ4n) is 0.588. The minimum Gasteiger partial charge on any atom is -0.477 e. The maximum Gasteiger partial charge on any atom is 0.139 e. The van der Waals surface area contributed by atoms with Crippen LogP contribution in [0.3, 0.4) is 0 Å². The van der Waals surface area contributed by atoms with Gasteiger partial charge in [0.25, 0.3) is 0 Å². The summed E-state index contributed by atoms with van der Waals surface area (Å²) in [5, 5.41) is 2.87. The van der Waals surface area contributed by atoms with Crippen LogP contribution in [0.5, 0.6) is 5.75 Å². The molecule has 0 bridgehead atoms. The Balaban J connectivity index is 2.43. The number of aromatic nitrogens is 1. The number of nitrogens with zero attached hydrogens (tertiary/aromatic N) is 1. The molecule has 0 aliphatic rings. The molecule has 0 unspecified atom stereocenters. The average molecular weight is 138 g/mol. The molecule has 0 radical (unpaired) electrons. The largest absolute Gasteiger partial charge is 0.477 e. The van der Waals surface area contributed by atoms with Gasteiger partial charge in [-0.1, -0.05) is 0 Å². The molecule has 1 aromatic rings. The van der Waals surface area contributed by atoms with E-state index in [1.54, 1.807) is 12.4 Å². The first-order chi connectivity index (χ1) is 4.93. The SMILES string of the molecule is CNCOc1cccnc1. The Morgan fingerprint density at radius 2 is 2.60 bits per heavy atom. The highest BCUT2D eigenvalue weighted by molar-refractivity contribution is 5.15. The Hall–Kier alpha value is -1.09. The van der Waals surface area contributed by atoms with Crippen molar-refractivity contribution >= 4 is 0 Å². The molecule has 3 heteroatoms. The van der Waals surface area contributed by atoms with Crippen molar-refractivity contribution < 1.29 is 4.74 Å². The molecule has 1 rings (SSSR count). The van der Waals surface area contributed by atoms with E-state index in [4.69, 9.17) is 4.74 Å². The minimum atomic E-state index is 0.520. The van der Waals surface area contributed by atoms with Crippen LogP contribution < -0.4 is 10.1 Å². The van der Waals surface area contributed by atoms with Gasteiger partial charge < -0.3 is 4.74 Å². The summed E-state index contributed by atoms with van der Waals surface area (Å²) in [5.74, 6) is 0.789. The Labute approximate surface area is 60.0 Å². The van der Waals surface area contributed by atoms with Crippen molar-refractivity contribution in [3.63, 3.8) is 0 Å². The monoisotopic (exact) mass is 138 g/mol. The van der Waals surface area contributed by atoms with E-state index >= 15 is 0 Å². The molecule has 0 aliphatic carbocycles. The minimum absolute atomic E-state index is 0.520. The predicted molar refractivity (Wildman–Crippen MR) is 38.8 cm³/mol. The molecule has 0 spiro atoms. The lowest BCUT2D eigenvalue weighted by molar-refractivity contribution is 0.295. The van der Waals surface area contributed by atoms with Crippen molar-refractivity contribution in [2.24, 2.45) is 0 Å². The summed E-state index contributed by atoms with van der Waals surface area (Å²) in [7, 11) is 1.83. The molecule has 1 aromatic heterocycles. The number of ether oxygens (including phenoxy) is 1. The van der Waals surface area contributed by atoms with Gasteiger partial charge in [0.2, 0.25) is 0 Å². The summed E-state index contributed by atoms with van der Waals surface area (Å²) in [6, 6.07) is 3.70. The smallest absolute Gasteiger partial charge is 0.139 e. The van der Waals surface area contributed by atoms with Crippen LogP contribution in [0, 0.1) is 0 Å². The molecule has 3 nitrogen and oxygen atoms in total. The molecule has 10 heavy (non-hydrogen) atoms. The van der Waals surface area contributed by atoms with E-state index in [0.717, 1.165) is 5.75 Å². The third-order valence-electron chi connectivity index (χ3n) is 1.02. The first kappa shape index (κ1) is 7.02. The number of hydrogen-bond acceptors (Lipinski definition) is 3. The Morgan fingerprint density at radius 3 is 3.20 bits per heavy atom. The van der Waals surface area contributed by atoms with Crippen molar-refractivity contribution in [2.75, 3.05) is 13.8 Å². The summed E-state index contributed by atoms with van der Waals surface area (Å²) in [4.78, 5) is 3.88. The summed E-state index contributed by atoms with van der Waals surface area (Å²) in [5.41, 5.74) is 0. The maximum atomic E-state index is 5.18. The molecule has 1 N–H and O–H groups in total. The van der Waals surface area contributed by atoms with Gasteiger partial charge in [-0.3, -0.25) is 10.3 Å². The quantitative estimate of drug-likeness (QED) is 0.622. The van der Waals surface area contributed by atoms with Gasteiger partial charge in [-0.2, -0.15) is 0 Å². The van der Waals surface area contributed by atoms with E-state index < -0.39 is 0 Å².